The molecule has 2 aromatic rings. The first-order chi connectivity index (χ1) is 22.7. The van der Waals surface area contributed by atoms with Crippen molar-refractivity contribution < 1.29 is 37.2 Å². The molecule has 0 spiro atoms. The lowest BCUT2D eigenvalue weighted by Gasteiger charge is -2.16. The second kappa shape index (κ2) is 22.2. The molecule has 1 aliphatic rings. The van der Waals surface area contributed by atoms with Gasteiger partial charge in [-0.25, -0.2) is 13.9 Å². The van der Waals surface area contributed by atoms with Crippen LogP contribution >= 0.6 is 15.4 Å². The van der Waals surface area contributed by atoms with Crippen molar-refractivity contribution in [2.24, 2.45) is 0 Å². The molecule has 0 saturated heterocycles. The number of nitrogens with one attached hydrogen (secondary N) is 1. The zero-order chi connectivity index (χ0) is 33.8. The molecule has 5 N–H and O–H groups in total. The highest BCUT2D eigenvalue weighted by Crippen LogP contribution is 2.60. The first kappa shape index (κ1) is 39.8. The lowest BCUT2D eigenvalue weighted by molar-refractivity contribution is 0.0792. The molecule has 1 aliphatic carbocycles. The highest BCUT2D eigenvalue weighted by Gasteiger charge is 2.33. The molecule has 1 fully saturated rings. The molecule has 0 radical (unpaired) electrons. The van der Waals surface area contributed by atoms with Crippen LogP contribution in [0.15, 0.2) is 6.33 Å². The average Bonchev–Trinajstić information content (AvgIpc) is 3.74. The molecule has 14 nitrogen and oxygen atoms in total. The fourth-order valence-corrected chi connectivity index (χ4v) is 7.87. The number of nitrogen functional groups attached to an aromatic ring is 1. The van der Waals surface area contributed by atoms with Crippen LogP contribution in [0, 0.1) is 0 Å². The van der Waals surface area contributed by atoms with Crippen molar-refractivity contribution >= 4 is 38.3 Å². The van der Waals surface area contributed by atoms with Crippen molar-refractivity contribution in [2.75, 3.05) is 43.6 Å². The summed E-state index contributed by atoms with van der Waals surface area (Å²) >= 11 is 0. The van der Waals surface area contributed by atoms with Crippen LogP contribution in [0.5, 0.6) is 0 Å². The van der Waals surface area contributed by atoms with Crippen molar-refractivity contribution in [1.29, 1.82) is 0 Å². The van der Waals surface area contributed by atoms with E-state index in [1.54, 1.807) is 10.9 Å². The van der Waals surface area contributed by atoms with E-state index in [4.69, 9.17) is 19.7 Å². The van der Waals surface area contributed by atoms with Crippen LogP contribution in [0.4, 0.5) is 11.8 Å². The largest absolute Gasteiger partial charge is 0.479 e. The maximum absolute atomic E-state index is 12.4. The smallest absolute Gasteiger partial charge is 0.381 e. The minimum atomic E-state index is -4.70. The Labute approximate surface area is 280 Å². The highest BCUT2D eigenvalue weighted by atomic mass is 31.3. The van der Waals surface area contributed by atoms with Crippen LogP contribution in [0.1, 0.15) is 122 Å². The number of ether oxygens (including phenoxy) is 2. The molecule has 1 saturated carbocycles. The number of phosphoric acid groups is 1. The number of imidazole rings is 1. The maximum Gasteiger partial charge on any atom is 0.479 e. The summed E-state index contributed by atoms with van der Waals surface area (Å²) in [7, 11) is -9.08. The fraction of sp³-hybridized carbons (Fsp3) is 0.839. The van der Waals surface area contributed by atoms with E-state index < -0.39 is 15.4 Å². The van der Waals surface area contributed by atoms with Gasteiger partial charge in [-0.1, -0.05) is 90.4 Å². The van der Waals surface area contributed by atoms with Crippen LogP contribution in [0.25, 0.3) is 11.2 Å². The molecule has 2 aromatic heterocycles. The Morgan fingerprint density at radius 1 is 0.830 bits per heavy atom. The van der Waals surface area contributed by atoms with Gasteiger partial charge in [0, 0.05) is 25.9 Å². The molecule has 16 heteroatoms. The number of anilines is 2. The van der Waals surface area contributed by atoms with Crippen molar-refractivity contribution in [3.05, 3.63) is 6.33 Å². The number of unbranched alkanes of at least 4 members (excludes halogenated alkanes) is 13. The van der Waals surface area contributed by atoms with E-state index in [1.165, 1.54) is 77.0 Å². The standard InChI is InChI=1S/C31H58N6O8P2/c1-2-3-4-5-6-7-8-9-10-11-12-13-14-15-20-42-21-16-23-44-47(40,41)45-46(38,39)24-17-22-43-26-37-25-33-28-29(34-27-18-19-27)35-31(32)36-30(28)37/h25,27H,2-24,26H2,1H3,(H,38,39)(H,40,41)(H3,32,34,35,36). The average molecular weight is 705 g/mol. The molecule has 270 valence electrons. The first-order valence-electron chi connectivity index (χ1n) is 17.6. The number of hydrogen-bond donors (Lipinski definition) is 4. The van der Waals surface area contributed by atoms with Crippen LogP contribution < -0.4 is 11.1 Å². The Morgan fingerprint density at radius 2 is 1.43 bits per heavy atom. The molecular formula is C31H58N6O8P2. The predicted octanol–water partition coefficient (Wildman–Crippen LogP) is 7.55. The molecule has 0 amide bonds. The Morgan fingerprint density at radius 3 is 2.06 bits per heavy atom. The number of hydrogen-bond acceptors (Lipinski definition) is 11. The molecular weight excluding hydrogens is 646 g/mol. The van der Waals surface area contributed by atoms with Gasteiger partial charge in [0.05, 0.1) is 19.1 Å². The summed E-state index contributed by atoms with van der Waals surface area (Å²) in [5, 5.41) is 3.29. The molecule has 2 heterocycles. The van der Waals surface area contributed by atoms with E-state index in [2.05, 4.69) is 31.5 Å². The van der Waals surface area contributed by atoms with Crippen molar-refractivity contribution in [3.8, 4) is 0 Å². The summed E-state index contributed by atoms with van der Waals surface area (Å²) in [6.07, 6.45) is 22.0. The molecule has 2 unspecified atom stereocenters. The fourth-order valence-electron chi connectivity index (χ4n) is 5.17. The second-order valence-electron chi connectivity index (χ2n) is 12.4. The number of rotatable bonds is 30. The van der Waals surface area contributed by atoms with Gasteiger partial charge in [0.25, 0.3) is 0 Å². The SMILES string of the molecule is CCCCCCCCCCCCCCCCOCCCOP(=O)(O)OP(=O)(O)CCCOCn1cnc2c(NC3CC3)nc(N)nc21. The van der Waals surface area contributed by atoms with Crippen molar-refractivity contribution in [2.45, 2.75) is 135 Å². The topological polar surface area (TPSA) is 193 Å². The molecule has 3 rings (SSSR count). The lowest BCUT2D eigenvalue weighted by Crippen LogP contribution is -2.09. The minimum absolute atomic E-state index is 0.0789. The van der Waals surface area contributed by atoms with E-state index in [9.17, 15) is 18.9 Å². The summed E-state index contributed by atoms with van der Waals surface area (Å²) in [5.74, 6) is 0.694. The van der Waals surface area contributed by atoms with Gasteiger partial charge in [-0.2, -0.15) is 9.97 Å². The zero-order valence-corrected chi connectivity index (χ0v) is 30.0. The first-order valence-corrected chi connectivity index (χ1v) is 20.9. The zero-order valence-electron chi connectivity index (χ0n) is 28.2. The lowest BCUT2D eigenvalue weighted by atomic mass is 10.0. The second-order valence-corrected chi connectivity index (χ2v) is 16.0. The van der Waals surface area contributed by atoms with Crippen LogP contribution in [0.2, 0.25) is 0 Å². The van der Waals surface area contributed by atoms with Crippen LogP contribution in [0.3, 0.4) is 0 Å². The molecule has 0 aliphatic heterocycles. The van der Waals surface area contributed by atoms with Gasteiger partial charge in [0.1, 0.15) is 6.73 Å². The summed E-state index contributed by atoms with van der Waals surface area (Å²) in [6.45, 7) is 3.31. The molecule has 0 aromatic carbocycles. The summed E-state index contributed by atoms with van der Waals surface area (Å²) in [5.41, 5.74) is 6.94. The third kappa shape index (κ3) is 17.5. The Bertz CT molecular complexity index is 1250. The molecule has 47 heavy (non-hydrogen) atoms. The highest BCUT2D eigenvalue weighted by molar-refractivity contribution is 7.64. The van der Waals surface area contributed by atoms with Gasteiger partial charge in [0.2, 0.25) is 5.95 Å². The number of phosphoric ester groups is 1. The Kier molecular flexibility index (Phi) is 18.8. The minimum Gasteiger partial charge on any atom is -0.381 e. The predicted molar refractivity (Wildman–Crippen MR) is 184 cm³/mol. The van der Waals surface area contributed by atoms with Gasteiger partial charge in [0.15, 0.2) is 17.0 Å². The molecule has 2 atom stereocenters. The molecule has 0 bridgehead atoms. The van der Waals surface area contributed by atoms with Gasteiger partial charge in [-0.05, 0) is 32.1 Å². The van der Waals surface area contributed by atoms with Gasteiger partial charge in [-0.3, -0.25) is 13.7 Å². The van der Waals surface area contributed by atoms with Crippen LogP contribution in [-0.2, 0) is 34.2 Å². The Balaban J connectivity index is 1.14. The Hall–Kier alpha value is -1.63. The third-order valence-corrected chi connectivity index (χ3v) is 11.2. The van der Waals surface area contributed by atoms with Gasteiger partial charge >= 0.3 is 15.4 Å². The number of aromatic nitrogens is 4. The summed E-state index contributed by atoms with van der Waals surface area (Å²) in [6, 6.07) is 0.368. The third-order valence-electron chi connectivity index (χ3n) is 7.92. The number of fused-ring (bicyclic) bond motifs is 1. The number of nitrogens with two attached hydrogens (primary N) is 1. The summed E-state index contributed by atoms with van der Waals surface area (Å²) < 4.78 is 46.8. The van der Waals surface area contributed by atoms with Crippen LogP contribution in [-0.4, -0.2) is 67.9 Å². The van der Waals surface area contributed by atoms with E-state index in [1.807, 2.05) is 0 Å². The van der Waals surface area contributed by atoms with Crippen molar-refractivity contribution in [3.63, 3.8) is 0 Å². The summed E-state index contributed by atoms with van der Waals surface area (Å²) in [4.78, 5) is 32.8. The van der Waals surface area contributed by atoms with Crippen molar-refractivity contribution in [1.82, 2.24) is 19.5 Å². The maximum atomic E-state index is 12.4. The van der Waals surface area contributed by atoms with Gasteiger partial charge in [-0.15, -0.1) is 0 Å². The van der Waals surface area contributed by atoms with Gasteiger partial charge < -0.3 is 30.3 Å². The monoisotopic (exact) mass is 704 g/mol. The van der Waals surface area contributed by atoms with E-state index in [0.29, 0.717) is 42.7 Å². The number of nitrogens with zero attached hydrogens (tertiary/aromatic N) is 4. The van der Waals surface area contributed by atoms with E-state index >= 15 is 0 Å². The van der Waals surface area contributed by atoms with E-state index in [-0.39, 0.29) is 38.5 Å². The quantitative estimate of drug-likeness (QED) is 0.0460. The normalized spacial score (nSPS) is 16.0. The van der Waals surface area contributed by atoms with E-state index in [0.717, 1.165) is 25.7 Å².